The Bertz CT molecular complexity index is 670. The van der Waals surface area contributed by atoms with Crippen molar-refractivity contribution in [2.75, 3.05) is 13.1 Å². The lowest BCUT2D eigenvalue weighted by Gasteiger charge is -2.42. The Morgan fingerprint density at radius 3 is 2.67 bits per heavy atom. The van der Waals surface area contributed by atoms with Crippen molar-refractivity contribution < 1.29 is 9.90 Å². The lowest BCUT2D eigenvalue weighted by molar-refractivity contribution is 0.0583. The lowest BCUT2D eigenvalue weighted by atomic mass is 10.0. The van der Waals surface area contributed by atoms with E-state index < -0.39 is 5.97 Å². The molecule has 1 saturated heterocycles. The Balaban J connectivity index is 1.64. The summed E-state index contributed by atoms with van der Waals surface area (Å²) in [7, 11) is 1.92. The summed E-state index contributed by atoms with van der Waals surface area (Å²) in [6.07, 6.45) is 3.54. The van der Waals surface area contributed by atoms with E-state index in [4.69, 9.17) is 5.11 Å². The molecule has 2 aromatic heterocycles. The second-order valence-electron chi connectivity index (χ2n) is 5.52. The van der Waals surface area contributed by atoms with Gasteiger partial charge < -0.3 is 5.11 Å². The first kappa shape index (κ1) is 13.7. The third kappa shape index (κ3) is 2.42. The fraction of sp³-hybridized carbons (Fsp3) is 0.538. The van der Waals surface area contributed by atoms with Gasteiger partial charge in [-0.2, -0.15) is 5.10 Å². The van der Waals surface area contributed by atoms with Crippen molar-refractivity contribution in [1.29, 1.82) is 0 Å². The minimum absolute atomic E-state index is 0.00963. The maximum Gasteiger partial charge on any atom is 0.358 e. The zero-order valence-electron chi connectivity index (χ0n) is 12.3. The number of nitrogens with zero attached hydrogens (tertiary/aromatic N) is 6. The molecule has 0 aromatic carbocycles. The van der Waals surface area contributed by atoms with Crippen LogP contribution in [-0.2, 0) is 7.05 Å². The number of hydrogen-bond donors (Lipinski definition) is 1. The van der Waals surface area contributed by atoms with Crippen molar-refractivity contribution in [1.82, 2.24) is 29.7 Å². The maximum atomic E-state index is 10.8. The van der Waals surface area contributed by atoms with Crippen molar-refractivity contribution in [3.63, 3.8) is 0 Å². The van der Waals surface area contributed by atoms with Crippen LogP contribution in [0.15, 0.2) is 12.4 Å². The summed E-state index contributed by atoms with van der Waals surface area (Å²) in [4.78, 5) is 13.1. The number of likely N-dealkylation sites (tertiary alicyclic amines) is 1. The van der Waals surface area contributed by atoms with Gasteiger partial charge >= 0.3 is 5.97 Å². The summed E-state index contributed by atoms with van der Waals surface area (Å²) < 4.78 is 3.47. The minimum Gasteiger partial charge on any atom is -0.476 e. The van der Waals surface area contributed by atoms with Crippen LogP contribution in [0.5, 0.6) is 0 Å². The molecule has 1 aliphatic rings. The highest BCUT2D eigenvalue weighted by molar-refractivity contribution is 5.84. The van der Waals surface area contributed by atoms with Crippen molar-refractivity contribution in [3.05, 3.63) is 29.3 Å². The molecule has 0 bridgehead atoms. The summed E-state index contributed by atoms with van der Waals surface area (Å²) in [6.45, 7) is 5.83. The predicted octanol–water partition coefficient (Wildman–Crippen LogP) is 0.636. The molecule has 1 aliphatic heterocycles. The molecule has 112 valence electrons. The van der Waals surface area contributed by atoms with E-state index in [0.717, 1.165) is 18.8 Å². The number of aromatic carboxylic acids is 1. The van der Waals surface area contributed by atoms with E-state index in [0.29, 0.717) is 0 Å². The third-order valence-corrected chi connectivity index (χ3v) is 4.04. The van der Waals surface area contributed by atoms with Crippen LogP contribution in [0.25, 0.3) is 0 Å². The van der Waals surface area contributed by atoms with E-state index in [9.17, 15) is 4.79 Å². The lowest BCUT2D eigenvalue weighted by Crippen LogP contribution is -2.48. The molecule has 0 radical (unpaired) electrons. The molecule has 8 nitrogen and oxygen atoms in total. The summed E-state index contributed by atoms with van der Waals surface area (Å²) in [5, 5.41) is 20.8. The fourth-order valence-electron chi connectivity index (χ4n) is 2.75. The quantitative estimate of drug-likeness (QED) is 0.888. The monoisotopic (exact) mass is 290 g/mol. The van der Waals surface area contributed by atoms with Gasteiger partial charge in [-0.05, 0) is 13.8 Å². The molecule has 0 saturated carbocycles. The highest BCUT2D eigenvalue weighted by Crippen LogP contribution is 2.31. The van der Waals surface area contributed by atoms with Crippen molar-refractivity contribution in [2.45, 2.75) is 25.9 Å². The van der Waals surface area contributed by atoms with Gasteiger partial charge in [0.05, 0.1) is 17.9 Å². The molecule has 2 aromatic rings. The summed E-state index contributed by atoms with van der Waals surface area (Å²) in [5.74, 6) is -1.04. The molecule has 1 atom stereocenters. The second-order valence-corrected chi connectivity index (χ2v) is 5.52. The summed E-state index contributed by atoms with van der Waals surface area (Å²) >= 11 is 0. The Hall–Kier alpha value is -2.22. The van der Waals surface area contributed by atoms with Crippen LogP contribution in [0.2, 0.25) is 0 Å². The van der Waals surface area contributed by atoms with Crippen molar-refractivity contribution >= 4 is 5.97 Å². The standard InChI is InChI=1S/C13H18N6O2/c1-8-11(6-17(3)15-8)9(2)18-4-10(5-18)19-7-12(13(20)21)14-16-19/h6-7,9-10H,4-5H2,1-3H3,(H,20,21). The fourth-order valence-corrected chi connectivity index (χ4v) is 2.75. The highest BCUT2D eigenvalue weighted by atomic mass is 16.4. The molecule has 0 aliphatic carbocycles. The van der Waals surface area contributed by atoms with Crippen molar-refractivity contribution in [2.24, 2.45) is 7.05 Å². The molecular weight excluding hydrogens is 272 g/mol. The Labute approximate surface area is 122 Å². The molecule has 3 rings (SSSR count). The van der Waals surface area contributed by atoms with Crippen LogP contribution in [0.1, 0.15) is 40.8 Å². The van der Waals surface area contributed by atoms with E-state index in [2.05, 4.69) is 27.2 Å². The normalized spacial score (nSPS) is 17.7. The van der Waals surface area contributed by atoms with Gasteiger partial charge in [0.25, 0.3) is 0 Å². The van der Waals surface area contributed by atoms with E-state index in [-0.39, 0.29) is 17.8 Å². The zero-order valence-corrected chi connectivity index (χ0v) is 12.3. The van der Waals surface area contributed by atoms with Gasteiger partial charge in [-0.3, -0.25) is 9.58 Å². The zero-order chi connectivity index (χ0) is 15.1. The van der Waals surface area contributed by atoms with Crippen LogP contribution >= 0.6 is 0 Å². The topological polar surface area (TPSA) is 89.1 Å². The predicted molar refractivity (Wildman–Crippen MR) is 74.0 cm³/mol. The van der Waals surface area contributed by atoms with Crippen LogP contribution in [0.4, 0.5) is 0 Å². The van der Waals surface area contributed by atoms with Gasteiger partial charge in [0.15, 0.2) is 5.69 Å². The summed E-state index contributed by atoms with van der Waals surface area (Å²) in [6, 6.07) is 0.474. The van der Waals surface area contributed by atoms with Gasteiger partial charge in [0.2, 0.25) is 0 Å². The Kier molecular flexibility index (Phi) is 3.25. The molecule has 8 heteroatoms. The van der Waals surface area contributed by atoms with Crippen LogP contribution in [0.3, 0.4) is 0 Å². The van der Waals surface area contributed by atoms with E-state index in [1.54, 1.807) is 4.68 Å². The smallest absolute Gasteiger partial charge is 0.358 e. The van der Waals surface area contributed by atoms with Gasteiger partial charge in [-0.1, -0.05) is 5.21 Å². The molecule has 0 amide bonds. The van der Waals surface area contributed by atoms with Gasteiger partial charge in [0.1, 0.15) is 0 Å². The van der Waals surface area contributed by atoms with E-state index in [1.165, 1.54) is 11.8 Å². The third-order valence-electron chi connectivity index (χ3n) is 4.04. The SMILES string of the molecule is Cc1nn(C)cc1C(C)N1CC(n2cc(C(=O)O)nn2)C1. The van der Waals surface area contributed by atoms with Gasteiger partial charge in [-0.15, -0.1) is 5.10 Å². The first-order chi connectivity index (χ1) is 9.95. The molecule has 3 heterocycles. The Morgan fingerprint density at radius 1 is 1.43 bits per heavy atom. The van der Waals surface area contributed by atoms with Gasteiger partial charge in [0, 0.05) is 37.9 Å². The number of carbonyl (C=O) groups is 1. The molecule has 0 spiro atoms. The number of carboxylic acid groups (broad SMARTS) is 1. The molecule has 21 heavy (non-hydrogen) atoms. The largest absolute Gasteiger partial charge is 0.476 e. The number of aromatic nitrogens is 5. The van der Waals surface area contributed by atoms with Crippen LogP contribution in [0, 0.1) is 6.92 Å². The highest BCUT2D eigenvalue weighted by Gasteiger charge is 2.34. The second kappa shape index (κ2) is 4.96. The summed E-state index contributed by atoms with van der Waals surface area (Å²) in [5.41, 5.74) is 2.26. The van der Waals surface area contributed by atoms with Crippen molar-refractivity contribution in [3.8, 4) is 0 Å². The number of hydrogen-bond acceptors (Lipinski definition) is 5. The van der Waals surface area contributed by atoms with E-state index in [1.807, 2.05) is 24.9 Å². The maximum absolute atomic E-state index is 10.8. The number of aryl methyl sites for hydroxylation is 2. The molecule has 1 fully saturated rings. The molecule has 1 N–H and O–H groups in total. The number of carboxylic acids is 1. The van der Waals surface area contributed by atoms with Crippen LogP contribution in [-0.4, -0.2) is 53.8 Å². The van der Waals surface area contributed by atoms with E-state index >= 15 is 0 Å². The minimum atomic E-state index is -1.04. The molecular formula is C13H18N6O2. The molecule has 1 unspecified atom stereocenters. The Morgan fingerprint density at radius 2 is 2.14 bits per heavy atom. The number of rotatable bonds is 4. The van der Waals surface area contributed by atoms with Gasteiger partial charge in [-0.25, -0.2) is 9.48 Å². The van der Waals surface area contributed by atoms with Crippen LogP contribution < -0.4 is 0 Å². The first-order valence-electron chi connectivity index (χ1n) is 6.85. The average molecular weight is 290 g/mol. The average Bonchev–Trinajstić information content (AvgIpc) is 2.94. The first-order valence-corrected chi connectivity index (χ1v) is 6.85.